The number of halogens is 2. The van der Waals surface area contributed by atoms with Crippen LogP contribution in [0.5, 0.6) is 0 Å². The van der Waals surface area contributed by atoms with E-state index < -0.39 is 12.2 Å². The topological polar surface area (TPSA) is 56.2 Å². The highest BCUT2D eigenvalue weighted by Gasteiger charge is 2.21. The summed E-state index contributed by atoms with van der Waals surface area (Å²) in [5, 5.41) is 19.5. The van der Waals surface area contributed by atoms with E-state index in [-0.39, 0.29) is 24.8 Å². The molecule has 2 aromatic carbocycles. The molecular formula is C22H28F2N2O3. The van der Waals surface area contributed by atoms with Crippen LogP contribution in [0.25, 0.3) is 0 Å². The van der Waals surface area contributed by atoms with Gasteiger partial charge in [0, 0.05) is 39.3 Å². The second kappa shape index (κ2) is 10.8. The predicted octanol–water partition coefficient (Wildman–Crippen LogP) is 2.04. The van der Waals surface area contributed by atoms with Gasteiger partial charge >= 0.3 is 0 Å². The Hall–Kier alpha value is -1.90. The summed E-state index contributed by atoms with van der Waals surface area (Å²) in [4.78, 5) is 4.37. The number of piperazine rings is 1. The second-order valence-corrected chi connectivity index (χ2v) is 7.34. The van der Waals surface area contributed by atoms with E-state index in [1.165, 1.54) is 24.3 Å². The smallest absolute Gasteiger partial charge is 0.123 e. The van der Waals surface area contributed by atoms with Crippen molar-refractivity contribution >= 4 is 0 Å². The van der Waals surface area contributed by atoms with Gasteiger partial charge in [-0.25, -0.2) is 8.78 Å². The first kappa shape index (κ1) is 21.8. The minimum Gasteiger partial charge on any atom is -0.395 e. The zero-order chi connectivity index (χ0) is 20.6. The quantitative estimate of drug-likeness (QED) is 0.668. The number of aliphatic hydroxyl groups is 2. The average molecular weight is 406 g/mol. The molecule has 3 rings (SSSR count). The van der Waals surface area contributed by atoms with E-state index in [0.29, 0.717) is 13.1 Å². The number of hydrogen-bond acceptors (Lipinski definition) is 5. The number of hydrogen-bond donors (Lipinski definition) is 2. The van der Waals surface area contributed by atoms with Crippen molar-refractivity contribution in [3.8, 4) is 0 Å². The van der Waals surface area contributed by atoms with Crippen molar-refractivity contribution in [1.29, 1.82) is 0 Å². The average Bonchev–Trinajstić information content (AvgIpc) is 2.72. The minimum absolute atomic E-state index is 0.107. The number of rotatable bonds is 9. The summed E-state index contributed by atoms with van der Waals surface area (Å²) in [6.45, 7) is 4.82. The molecule has 5 nitrogen and oxygen atoms in total. The molecule has 2 N–H and O–H groups in total. The molecule has 2 aromatic rings. The van der Waals surface area contributed by atoms with Gasteiger partial charge in [0.15, 0.2) is 0 Å². The summed E-state index contributed by atoms with van der Waals surface area (Å²) < 4.78 is 32.6. The van der Waals surface area contributed by atoms with Crippen molar-refractivity contribution < 1.29 is 23.7 Å². The number of aliphatic hydroxyl groups excluding tert-OH is 2. The molecule has 0 amide bonds. The van der Waals surface area contributed by atoms with Crippen molar-refractivity contribution in [3.05, 3.63) is 71.3 Å². The fourth-order valence-electron chi connectivity index (χ4n) is 3.55. The van der Waals surface area contributed by atoms with Gasteiger partial charge < -0.3 is 14.9 Å². The Morgan fingerprint density at radius 3 is 1.79 bits per heavy atom. The molecule has 0 aliphatic carbocycles. The van der Waals surface area contributed by atoms with Crippen LogP contribution in [0.1, 0.15) is 17.2 Å². The molecule has 1 aliphatic heterocycles. The molecule has 1 fully saturated rings. The zero-order valence-corrected chi connectivity index (χ0v) is 16.4. The summed E-state index contributed by atoms with van der Waals surface area (Å²) in [5.41, 5.74) is 1.48. The molecule has 7 heteroatoms. The van der Waals surface area contributed by atoms with Gasteiger partial charge in [-0.3, -0.25) is 9.80 Å². The normalized spacial score (nSPS) is 17.0. The fourth-order valence-corrected chi connectivity index (χ4v) is 3.55. The first-order valence-electron chi connectivity index (χ1n) is 9.91. The highest BCUT2D eigenvalue weighted by molar-refractivity contribution is 5.30. The van der Waals surface area contributed by atoms with E-state index in [0.717, 1.165) is 37.3 Å². The van der Waals surface area contributed by atoms with Crippen LogP contribution in [0.2, 0.25) is 0 Å². The molecule has 1 atom stereocenters. The lowest BCUT2D eigenvalue weighted by Gasteiger charge is -2.35. The predicted molar refractivity (Wildman–Crippen MR) is 107 cm³/mol. The Morgan fingerprint density at radius 2 is 1.31 bits per heavy atom. The molecule has 158 valence electrons. The van der Waals surface area contributed by atoms with Gasteiger partial charge in [0.1, 0.15) is 17.7 Å². The summed E-state index contributed by atoms with van der Waals surface area (Å²) in [6.07, 6.45) is -1.20. The van der Waals surface area contributed by atoms with Crippen LogP contribution in [0.3, 0.4) is 0 Å². The molecule has 29 heavy (non-hydrogen) atoms. The second-order valence-electron chi connectivity index (χ2n) is 7.34. The molecule has 0 aromatic heterocycles. The van der Waals surface area contributed by atoms with Gasteiger partial charge in [-0.05, 0) is 35.4 Å². The van der Waals surface area contributed by atoms with E-state index in [1.54, 1.807) is 24.3 Å². The maximum Gasteiger partial charge on any atom is 0.123 e. The van der Waals surface area contributed by atoms with Gasteiger partial charge in [-0.15, -0.1) is 0 Å². The lowest BCUT2D eigenvalue weighted by molar-refractivity contribution is -0.0150. The molecular weight excluding hydrogens is 378 g/mol. The molecule has 0 radical (unpaired) electrons. The Kier molecular flexibility index (Phi) is 8.09. The van der Waals surface area contributed by atoms with Gasteiger partial charge in [0.2, 0.25) is 0 Å². The van der Waals surface area contributed by atoms with Gasteiger partial charge in [0.25, 0.3) is 0 Å². The van der Waals surface area contributed by atoms with Crippen LogP contribution in [0.4, 0.5) is 8.78 Å². The van der Waals surface area contributed by atoms with Crippen LogP contribution in [-0.4, -0.2) is 78.6 Å². The number of nitrogens with zero attached hydrogens (tertiary/aromatic N) is 2. The summed E-state index contributed by atoms with van der Waals surface area (Å²) in [6, 6.07) is 12.0. The van der Waals surface area contributed by atoms with Gasteiger partial charge in [-0.1, -0.05) is 24.3 Å². The Bertz CT molecular complexity index is 689. The highest BCUT2D eigenvalue weighted by Crippen LogP contribution is 2.27. The first-order valence-corrected chi connectivity index (χ1v) is 9.91. The van der Waals surface area contributed by atoms with Gasteiger partial charge in [-0.2, -0.15) is 0 Å². The van der Waals surface area contributed by atoms with Crippen molar-refractivity contribution in [2.24, 2.45) is 0 Å². The fraction of sp³-hybridized carbons (Fsp3) is 0.455. The molecule has 0 saturated carbocycles. The summed E-state index contributed by atoms with van der Waals surface area (Å²) >= 11 is 0. The van der Waals surface area contributed by atoms with E-state index >= 15 is 0 Å². The largest absolute Gasteiger partial charge is 0.395 e. The molecule has 0 unspecified atom stereocenters. The highest BCUT2D eigenvalue weighted by atomic mass is 19.1. The molecule has 0 bridgehead atoms. The van der Waals surface area contributed by atoms with Crippen LogP contribution in [-0.2, 0) is 4.74 Å². The molecule has 1 aliphatic rings. The molecule has 1 saturated heterocycles. The van der Waals surface area contributed by atoms with Crippen molar-refractivity contribution in [2.75, 3.05) is 52.5 Å². The SMILES string of the molecule is OCCN1CCN(C[C@@H](O)COC(c2ccc(F)cc2)c2ccc(F)cc2)CC1. The standard InChI is InChI=1S/C22H28F2N2O3/c23-19-5-1-17(2-6-19)22(18-3-7-20(24)8-4-18)29-16-21(28)15-26-11-9-25(10-12-26)13-14-27/h1-8,21-22,27-28H,9-16H2/t21-/m1/s1. The Balaban J connectivity index is 1.58. The molecule has 1 heterocycles. The van der Waals surface area contributed by atoms with E-state index in [4.69, 9.17) is 9.84 Å². The third-order valence-corrected chi connectivity index (χ3v) is 5.15. The third-order valence-electron chi connectivity index (χ3n) is 5.15. The van der Waals surface area contributed by atoms with Crippen LogP contribution >= 0.6 is 0 Å². The maximum absolute atomic E-state index is 13.3. The molecule has 0 spiro atoms. The van der Waals surface area contributed by atoms with Gasteiger partial charge in [0.05, 0.1) is 19.3 Å². The first-order chi connectivity index (χ1) is 14.0. The van der Waals surface area contributed by atoms with Crippen LogP contribution in [0.15, 0.2) is 48.5 Å². The van der Waals surface area contributed by atoms with E-state index in [9.17, 15) is 13.9 Å². The number of β-amino-alcohol motifs (C(OH)–C–C–N with tert-alkyl or cyclic N) is 2. The monoisotopic (exact) mass is 406 g/mol. The summed E-state index contributed by atoms with van der Waals surface area (Å²) in [5.74, 6) is -0.682. The Labute approximate surface area is 170 Å². The third kappa shape index (κ3) is 6.55. The van der Waals surface area contributed by atoms with Crippen molar-refractivity contribution in [3.63, 3.8) is 0 Å². The Morgan fingerprint density at radius 1 is 0.828 bits per heavy atom. The maximum atomic E-state index is 13.3. The number of ether oxygens (including phenoxy) is 1. The number of benzene rings is 2. The van der Waals surface area contributed by atoms with Crippen LogP contribution in [0, 0.1) is 11.6 Å². The van der Waals surface area contributed by atoms with E-state index in [1.807, 2.05) is 0 Å². The summed E-state index contributed by atoms with van der Waals surface area (Å²) in [7, 11) is 0. The minimum atomic E-state index is -0.678. The lowest BCUT2D eigenvalue weighted by atomic mass is 10.0. The van der Waals surface area contributed by atoms with Crippen molar-refractivity contribution in [1.82, 2.24) is 9.80 Å². The van der Waals surface area contributed by atoms with Crippen molar-refractivity contribution in [2.45, 2.75) is 12.2 Å². The van der Waals surface area contributed by atoms with E-state index in [2.05, 4.69) is 9.80 Å². The zero-order valence-electron chi connectivity index (χ0n) is 16.4. The lowest BCUT2D eigenvalue weighted by Crippen LogP contribution is -2.49. The van der Waals surface area contributed by atoms with Crippen LogP contribution < -0.4 is 0 Å².